The molecule has 116 valence electrons. The van der Waals surface area contributed by atoms with Gasteiger partial charge in [-0.05, 0) is 37.9 Å². The van der Waals surface area contributed by atoms with Gasteiger partial charge in [0.25, 0.3) is 5.91 Å². The zero-order chi connectivity index (χ0) is 15.7. The molecule has 5 nitrogen and oxygen atoms in total. The second-order valence-corrected chi connectivity index (χ2v) is 6.11. The van der Waals surface area contributed by atoms with Gasteiger partial charge in [0.05, 0.1) is 5.02 Å². The highest BCUT2D eigenvalue weighted by Crippen LogP contribution is 2.29. The number of likely N-dealkylation sites (tertiary alicyclic amines) is 1. The van der Waals surface area contributed by atoms with E-state index in [1.165, 1.54) is 0 Å². The minimum atomic E-state index is -0.120. The fourth-order valence-electron chi connectivity index (χ4n) is 2.91. The molecule has 0 radical (unpaired) electrons. The van der Waals surface area contributed by atoms with Gasteiger partial charge in [-0.1, -0.05) is 28.9 Å². The lowest BCUT2D eigenvalue weighted by Gasteiger charge is -2.19. The smallest absolute Gasteiger partial charge is 0.276 e. The third-order valence-electron chi connectivity index (χ3n) is 4.12. The number of nitrogens with zero attached hydrogens (tertiary/aromatic N) is 2. The number of carbonyl (C=O) groups excluding carboxylic acids is 1. The number of hydrogen-bond donors (Lipinski definition) is 1. The highest BCUT2D eigenvalue weighted by Gasteiger charge is 2.33. The number of amides is 1. The average Bonchev–Trinajstić information content (AvgIpc) is 3.14. The number of nitrogens with two attached hydrogens (primary N) is 1. The van der Waals surface area contributed by atoms with Crippen LogP contribution in [0.2, 0.25) is 5.02 Å². The maximum Gasteiger partial charge on any atom is 0.276 e. The minimum absolute atomic E-state index is 0.120. The summed E-state index contributed by atoms with van der Waals surface area (Å²) in [5, 5.41) is 4.47. The summed E-state index contributed by atoms with van der Waals surface area (Å²) in [6, 6.07) is 9.12. The van der Waals surface area contributed by atoms with Crippen molar-refractivity contribution in [3.8, 4) is 11.3 Å². The predicted octanol–water partition coefficient (Wildman–Crippen LogP) is 2.80. The van der Waals surface area contributed by atoms with Crippen molar-refractivity contribution in [2.45, 2.75) is 19.4 Å². The van der Waals surface area contributed by atoms with Gasteiger partial charge in [0.1, 0.15) is 0 Å². The zero-order valence-corrected chi connectivity index (χ0v) is 13.1. The van der Waals surface area contributed by atoms with Crippen LogP contribution in [-0.4, -0.2) is 35.1 Å². The summed E-state index contributed by atoms with van der Waals surface area (Å²) in [6.45, 7) is 3.30. The Morgan fingerprint density at radius 2 is 2.27 bits per heavy atom. The highest BCUT2D eigenvalue weighted by molar-refractivity contribution is 6.33. The van der Waals surface area contributed by atoms with Crippen molar-refractivity contribution in [3.05, 3.63) is 41.0 Å². The van der Waals surface area contributed by atoms with Crippen molar-refractivity contribution in [3.63, 3.8) is 0 Å². The summed E-state index contributed by atoms with van der Waals surface area (Å²) >= 11 is 6.14. The molecule has 3 rings (SSSR count). The largest absolute Gasteiger partial charge is 0.355 e. The second kappa shape index (κ2) is 6.10. The molecule has 6 heteroatoms. The van der Waals surface area contributed by atoms with E-state index in [0.29, 0.717) is 35.5 Å². The van der Waals surface area contributed by atoms with Gasteiger partial charge in [-0.15, -0.1) is 0 Å². The Bertz CT molecular complexity index is 686. The molecule has 2 heterocycles. The van der Waals surface area contributed by atoms with Crippen LogP contribution in [0, 0.1) is 5.92 Å². The number of hydrogen-bond acceptors (Lipinski definition) is 4. The Hall–Kier alpha value is -1.85. The van der Waals surface area contributed by atoms with E-state index < -0.39 is 0 Å². The normalized spacial score (nSPS) is 21.3. The Morgan fingerprint density at radius 3 is 2.95 bits per heavy atom. The first-order valence-corrected chi connectivity index (χ1v) is 7.70. The molecule has 2 atom stereocenters. The molecule has 1 aliphatic heterocycles. The lowest BCUT2D eigenvalue weighted by atomic mass is 10.1. The first kappa shape index (κ1) is 15.1. The molecule has 1 saturated heterocycles. The molecule has 2 N–H and O–H groups in total. The summed E-state index contributed by atoms with van der Waals surface area (Å²) in [5.41, 5.74) is 6.74. The Labute approximate surface area is 134 Å². The number of rotatable bonds is 3. The molecule has 1 amide bonds. The monoisotopic (exact) mass is 319 g/mol. The summed E-state index contributed by atoms with van der Waals surface area (Å²) in [4.78, 5) is 14.4. The molecular formula is C16H18ClN3O2. The quantitative estimate of drug-likeness (QED) is 0.944. The van der Waals surface area contributed by atoms with Crippen LogP contribution in [0.1, 0.15) is 23.8 Å². The molecular weight excluding hydrogens is 302 g/mol. The Kier molecular flexibility index (Phi) is 4.18. The summed E-state index contributed by atoms with van der Waals surface area (Å²) in [5.74, 6) is 0.732. The van der Waals surface area contributed by atoms with E-state index in [4.69, 9.17) is 21.9 Å². The fraction of sp³-hybridized carbons (Fsp3) is 0.375. The highest BCUT2D eigenvalue weighted by atomic mass is 35.5. The topological polar surface area (TPSA) is 72.4 Å². The first-order valence-electron chi connectivity index (χ1n) is 7.32. The lowest BCUT2D eigenvalue weighted by molar-refractivity contribution is 0.0733. The molecule has 0 bridgehead atoms. The van der Waals surface area contributed by atoms with Crippen LogP contribution in [0.5, 0.6) is 0 Å². The zero-order valence-electron chi connectivity index (χ0n) is 12.3. The molecule has 1 aromatic heterocycles. The fourth-order valence-corrected chi connectivity index (χ4v) is 3.14. The molecule has 1 aliphatic rings. The summed E-state index contributed by atoms with van der Waals surface area (Å²) in [7, 11) is 0. The van der Waals surface area contributed by atoms with Gasteiger partial charge in [0, 0.05) is 24.2 Å². The number of halogens is 1. The third kappa shape index (κ3) is 2.74. The van der Waals surface area contributed by atoms with E-state index >= 15 is 0 Å². The summed E-state index contributed by atoms with van der Waals surface area (Å²) < 4.78 is 5.29. The third-order valence-corrected chi connectivity index (χ3v) is 4.45. The summed E-state index contributed by atoms with van der Waals surface area (Å²) in [6.07, 6.45) is 0.928. The van der Waals surface area contributed by atoms with E-state index in [-0.39, 0.29) is 11.9 Å². The number of carbonyl (C=O) groups is 1. The van der Waals surface area contributed by atoms with Gasteiger partial charge in [-0.3, -0.25) is 4.79 Å². The maximum absolute atomic E-state index is 12.6. The number of benzene rings is 1. The SMILES string of the molecule is CC1CC(CN)CN1C(=O)c1cc(-c2ccccc2Cl)on1. The van der Waals surface area contributed by atoms with E-state index in [2.05, 4.69) is 5.16 Å². The van der Waals surface area contributed by atoms with Crippen LogP contribution in [0.25, 0.3) is 11.3 Å². The molecule has 22 heavy (non-hydrogen) atoms. The molecule has 1 aromatic carbocycles. The second-order valence-electron chi connectivity index (χ2n) is 5.70. The van der Waals surface area contributed by atoms with Crippen molar-refractivity contribution in [2.75, 3.05) is 13.1 Å². The molecule has 0 spiro atoms. The van der Waals surface area contributed by atoms with Crippen molar-refractivity contribution in [1.82, 2.24) is 10.1 Å². The van der Waals surface area contributed by atoms with Crippen LogP contribution in [0.3, 0.4) is 0 Å². The van der Waals surface area contributed by atoms with Gasteiger partial charge in [0.15, 0.2) is 11.5 Å². The van der Waals surface area contributed by atoms with Gasteiger partial charge in [-0.25, -0.2) is 0 Å². The van der Waals surface area contributed by atoms with E-state index in [9.17, 15) is 4.79 Å². The predicted molar refractivity (Wildman–Crippen MR) is 84.6 cm³/mol. The minimum Gasteiger partial charge on any atom is -0.355 e. The van der Waals surface area contributed by atoms with Crippen LogP contribution in [0.4, 0.5) is 0 Å². The van der Waals surface area contributed by atoms with Crippen molar-refractivity contribution in [2.24, 2.45) is 11.7 Å². The van der Waals surface area contributed by atoms with Gasteiger partial charge < -0.3 is 15.2 Å². The average molecular weight is 320 g/mol. The van der Waals surface area contributed by atoms with Gasteiger partial charge in [0.2, 0.25) is 0 Å². The van der Waals surface area contributed by atoms with E-state index in [1.54, 1.807) is 12.1 Å². The van der Waals surface area contributed by atoms with Gasteiger partial charge >= 0.3 is 0 Å². The first-order chi connectivity index (χ1) is 10.6. The van der Waals surface area contributed by atoms with Crippen molar-refractivity contribution in [1.29, 1.82) is 0 Å². The Balaban J connectivity index is 1.82. The van der Waals surface area contributed by atoms with Crippen LogP contribution >= 0.6 is 11.6 Å². The van der Waals surface area contributed by atoms with Crippen LogP contribution in [-0.2, 0) is 0 Å². The van der Waals surface area contributed by atoms with Crippen molar-refractivity contribution < 1.29 is 9.32 Å². The van der Waals surface area contributed by atoms with E-state index in [1.807, 2.05) is 30.0 Å². The van der Waals surface area contributed by atoms with Crippen molar-refractivity contribution >= 4 is 17.5 Å². The van der Waals surface area contributed by atoms with E-state index in [0.717, 1.165) is 12.0 Å². The van der Waals surface area contributed by atoms with Gasteiger partial charge in [-0.2, -0.15) is 0 Å². The molecule has 2 aromatic rings. The molecule has 0 aliphatic carbocycles. The lowest BCUT2D eigenvalue weighted by Crippen LogP contribution is -2.34. The molecule has 0 saturated carbocycles. The van der Waals surface area contributed by atoms with Crippen LogP contribution in [0.15, 0.2) is 34.9 Å². The number of aromatic nitrogens is 1. The molecule has 1 fully saturated rings. The maximum atomic E-state index is 12.6. The Morgan fingerprint density at radius 1 is 1.50 bits per heavy atom. The standard InChI is InChI=1S/C16H18ClN3O2/c1-10-6-11(8-18)9-20(10)16(21)14-7-15(22-19-14)12-4-2-3-5-13(12)17/h2-5,7,10-11H,6,8-9,18H2,1H3. The molecule has 2 unspecified atom stereocenters. The van der Waals surface area contributed by atoms with Crippen LogP contribution < -0.4 is 5.73 Å².